The first-order valence-electron chi connectivity index (χ1n) is 6.58. The topological polar surface area (TPSA) is 54.2 Å². The second kappa shape index (κ2) is 5.67. The van der Waals surface area contributed by atoms with Gasteiger partial charge in [-0.1, -0.05) is 11.3 Å². The van der Waals surface area contributed by atoms with Crippen LogP contribution in [0, 0.1) is 0 Å². The van der Waals surface area contributed by atoms with Crippen LogP contribution in [0.3, 0.4) is 0 Å². The molecule has 0 saturated heterocycles. The third-order valence-corrected chi connectivity index (χ3v) is 4.13. The van der Waals surface area contributed by atoms with Crippen LogP contribution < -0.4 is 4.90 Å². The first-order chi connectivity index (χ1) is 10.2. The summed E-state index contributed by atoms with van der Waals surface area (Å²) in [5.74, 6) is 0. The van der Waals surface area contributed by atoms with Crippen molar-refractivity contribution < 1.29 is 5.11 Å². The summed E-state index contributed by atoms with van der Waals surface area (Å²) in [5, 5.41) is 19.8. The molecule has 3 rings (SSSR count). The zero-order valence-corrected chi connectivity index (χ0v) is 12.7. The van der Waals surface area contributed by atoms with E-state index in [1.165, 1.54) is 0 Å². The Labute approximate surface area is 127 Å². The minimum absolute atomic E-state index is 0.122. The van der Waals surface area contributed by atoms with Crippen LogP contribution in [0.15, 0.2) is 41.8 Å². The molecule has 108 valence electrons. The van der Waals surface area contributed by atoms with Gasteiger partial charge in [-0.2, -0.15) is 0 Å². The molecule has 2 aromatic heterocycles. The lowest BCUT2D eigenvalue weighted by molar-refractivity contribution is 0.277. The predicted octanol–water partition coefficient (Wildman–Crippen LogP) is 2.55. The molecule has 0 aliphatic rings. The average Bonchev–Trinajstić information content (AvgIpc) is 3.15. The van der Waals surface area contributed by atoms with Crippen molar-refractivity contribution in [3.63, 3.8) is 0 Å². The van der Waals surface area contributed by atoms with Crippen LogP contribution in [0.2, 0.25) is 0 Å². The van der Waals surface area contributed by atoms with E-state index in [4.69, 9.17) is 0 Å². The largest absolute Gasteiger partial charge is 0.390 e. The van der Waals surface area contributed by atoms with Gasteiger partial charge in [0.05, 0.1) is 17.2 Å². The van der Waals surface area contributed by atoms with Gasteiger partial charge in [0.25, 0.3) is 0 Å². The highest BCUT2D eigenvalue weighted by Crippen LogP contribution is 2.29. The van der Waals surface area contributed by atoms with Crippen molar-refractivity contribution in [2.24, 2.45) is 0 Å². The molecule has 2 heterocycles. The summed E-state index contributed by atoms with van der Waals surface area (Å²) in [7, 11) is 4.01. The van der Waals surface area contributed by atoms with Gasteiger partial charge in [-0.3, -0.25) is 0 Å². The van der Waals surface area contributed by atoms with Crippen molar-refractivity contribution in [1.82, 2.24) is 15.0 Å². The molecule has 6 heteroatoms. The summed E-state index contributed by atoms with van der Waals surface area (Å²) in [6.07, 6.45) is 0. The van der Waals surface area contributed by atoms with Gasteiger partial charge in [0.15, 0.2) is 0 Å². The maximum absolute atomic E-state index is 9.48. The molecule has 0 atom stereocenters. The van der Waals surface area contributed by atoms with E-state index >= 15 is 0 Å². The molecule has 0 aliphatic heterocycles. The van der Waals surface area contributed by atoms with E-state index in [1.54, 1.807) is 16.0 Å². The van der Waals surface area contributed by atoms with Gasteiger partial charge in [0, 0.05) is 19.8 Å². The Bertz CT molecular complexity index is 717. The Morgan fingerprint density at radius 1 is 1.19 bits per heavy atom. The molecule has 0 spiro atoms. The van der Waals surface area contributed by atoms with E-state index in [0.717, 1.165) is 21.9 Å². The second-order valence-electron chi connectivity index (χ2n) is 4.84. The van der Waals surface area contributed by atoms with Crippen LogP contribution in [-0.4, -0.2) is 34.2 Å². The molecule has 5 nitrogen and oxygen atoms in total. The van der Waals surface area contributed by atoms with Crippen molar-refractivity contribution >= 4 is 17.0 Å². The van der Waals surface area contributed by atoms with Crippen LogP contribution in [0.1, 0.15) is 5.69 Å². The third kappa shape index (κ3) is 2.55. The molecule has 0 aliphatic carbocycles. The maximum atomic E-state index is 9.48. The van der Waals surface area contributed by atoms with Crippen molar-refractivity contribution in [3.8, 4) is 16.3 Å². The molecule has 0 radical (unpaired) electrons. The summed E-state index contributed by atoms with van der Waals surface area (Å²) < 4.78 is 1.77. The maximum Gasteiger partial charge on any atom is 0.117 e. The van der Waals surface area contributed by atoms with Crippen molar-refractivity contribution in [3.05, 3.63) is 47.5 Å². The molecular weight excluding hydrogens is 284 g/mol. The normalized spacial score (nSPS) is 10.8. The number of rotatable bonds is 4. The fourth-order valence-electron chi connectivity index (χ4n) is 2.15. The molecule has 0 unspecified atom stereocenters. The van der Waals surface area contributed by atoms with Crippen molar-refractivity contribution in [2.45, 2.75) is 6.61 Å². The second-order valence-corrected chi connectivity index (χ2v) is 5.79. The van der Waals surface area contributed by atoms with Gasteiger partial charge in [0.1, 0.15) is 11.4 Å². The van der Waals surface area contributed by atoms with Crippen LogP contribution in [0.5, 0.6) is 0 Å². The highest BCUT2D eigenvalue weighted by Gasteiger charge is 2.16. The van der Waals surface area contributed by atoms with Gasteiger partial charge < -0.3 is 10.0 Å². The van der Waals surface area contributed by atoms with Crippen LogP contribution >= 0.6 is 11.3 Å². The molecule has 3 aromatic rings. The molecule has 21 heavy (non-hydrogen) atoms. The lowest BCUT2D eigenvalue weighted by Crippen LogP contribution is -2.08. The van der Waals surface area contributed by atoms with Gasteiger partial charge in [-0.05, 0) is 35.7 Å². The van der Waals surface area contributed by atoms with E-state index in [-0.39, 0.29) is 6.61 Å². The van der Waals surface area contributed by atoms with Crippen LogP contribution in [0.25, 0.3) is 16.3 Å². The van der Waals surface area contributed by atoms with E-state index in [9.17, 15) is 5.11 Å². The number of aliphatic hydroxyl groups excluding tert-OH is 1. The minimum atomic E-state index is -0.122. The first-order valence-corrected chi connectivity index (χ1v) is 7.45. The van der Waals surface area contributed by atoms with E-state index < -0.39 is 0 Å². The monoisotopic (exact) mass is 300 g/mol. The van der Waals surface area contributed by atoms with Gasteiger partial charge in [0.2, 0.25) is 0 Å². The summed E-state index contributed by atoms with van der Waals surface area (Å²) in [4.78, 5) is 3.09. The predicted molar refractivity (Wildman–Crippen MR) is 84.9 cm³/mol. The fourth-order valence-corrected chi connectivity index (χ4v) is 2.93. The van der Waals surface area contributed by atoms with Gasteiger partial charge in [-0.15, -0.1) is 16.4 Å². The molecular formula is C15H16N4OS. The highest BCUT2D eigenvalue weighted by molar-refractivity contribution is 7.13. The Morgan fingerprint density at radius 2 is 1.95 bits per heavy atom. The van der Waals surface area contributed by atoms with Crippen LogP contribution in [-0.2, 0) is 6.61 Å². The Kier molecular flexibility index (Phi) is 3.72. The number of hydrogen-bond acceptors (Lipinski definition) is 5. The lowest BCUT2D eigenvalue weighted by atomic mass is 10.2. The summed E-state index contributed by atoms with van der Waals surface area (Å²) >= 11 is 1.61. The number of benzene rings is 1. The molecule has 0 saturated carbocycles. The number of aromatic nitrogens is 3. The van der Waals surface area contributed by atoms with E-state index in [0.29, 0.717) is 5.69 Å². The summed E-state index contributed by atoms with van der Waals surface area (Å²) in [5.41, 5.74) is 3.49. The highest BCUT2D eigenvalue weighted by atomic mass is 32.1. The number of thiophene rings is 1. The third-order valence-electron chi connectivity index (χ3n) is 3.26. The SMILES string of the molecule is CN(C)c1ccc(-n2nnc(CO)c2-c2cccs2)cc1. The fraction of sp³-hybridized carbons (Fsp3) is 0.200. The molecule has 1 aromatic carbocycles. The standard InChI is InChI=1S/C15H16N4OS/c1-18(2)11-5-7-12(8-6-11)19-15(13(10-20)16-17-19)14-4-3-9-21-14/h3-9,20H,10H2,1-2H3. The molecule has 0 bridgehead atoms. The summed E-state index contributed by atoms with van der Waals surface area (Å²) in [6.45, 7) is -0.122. The van der Waals surface area contributed by atoms with Gasteiger partial charge >= 0.3 is 0 Å². The number of nitrogens with zero attached hydrogens (tertiary/aromatic N) is 4. The Hall–Kier alpha value is -2.18. The Balaban J connectivity index is 2.08. The first kappa shape index (κ1) is 13.8. The van der Waals surface area contributed by atoms with E-state index in [1.807, 2.05) is 60.8 Å². The smallest absolute Gasteiger partial charge is 0.117 e. The Morgan fingerprint density at radius 3 is 2.52 bits per heavy atom. The molecule has 0 amide bonds. The van der Waals surface area contributed by atoms with Gasteiger partial charge in [-0.25, -0.2) is 4.68 Å². The average molecular weight is 300 g/mol. The van der Waals surface area contributed by atoms with E-state index in [2.05, 4.69) is 10.3 Å². The zero-order chi connectivity index (χ0) is 14.8. The van der Waals surface area contributed by atoms with Crippen LogP contribution in [0.4, 0.5) is 5.69 Å². The number of hydrogen-bond donors (Lipinski definition) is 1. The van der Waals surface area contributed by atoms with Crippen molar-refractivity contribution in [2.75, 3.05) is 19.0 Å². The minimum Gasteiger partial charge on any atom is -0.390 e. The van der Waals surface area contributed by atoms with Crippen molar-refractivity contribution in [1.29, 1.82) is 0 Å². The quantitative estimate of drug-likeness (QED) is 0.804. The molecule has 0 fully saturated rings. The number of anilines is 1. The zero-order valence-electron chi connectivity index (χ0n) is 11.9. The summed E-state index contributed by atoms with van der Waals surface area (Å²) in [6, 6.07) is 12.1. The number of aliphatic hydroxyl groups is 1. The lowest BCUT2D eigenvalue weighted by Gasteiger charge is -2.13. The molecule has 1 N–H and O–H groups in total.